The fourth-order valence-corrected chi connectivity index (χ4v) is 3.61. The smallest absolute Gasteiger partial charge is 0.331 e. The van der Waals surface area contributed by atoms with Crippen LogP contribution in [-0.2, 0) is 17.4 Å². The second-order valence-electron chi connectivity index (χ2n) is 7.35. The number of aromatic nitrogens is 3. The van der Waals surface area contributed by atoms with E-state index < -0.39 is 53.5 Å². The molecule has 6 nitrogen and oxygen atoms in total. The van der Waals surface area contributed by atoms with Gasteiger partial charge >= 0.3 is 6.18 Å². The molecule has 2 unspecified atom stereocenters. The first kappa shape index (κ1) is 24.9. The van der Waals surface area contributed by atoms with Crippen molar-refractivity contribution in [2.75, 3.05) is 6.54 Å². The van der Waals surface area contributed by atoms with Crippen LogP contribution in [0.1, 0.15) is 49.6 Å². The van der Waals surface area contributed by atoms with Crippen LogP contribution in [0.4, 0.5) is 26.3 Å². The highest BCUT2D eigenvalue weighted by molar-refractivity contribution is 5.85. The van der Waals surface area contributed by atoms with Gasteiger partial charge in [0.2, 0.25) is 11.7 Å². The maximum Gasteiger partial charge on any atom is 0.451 e. The molecule has 1 amide bonds. The molecular formula is C18H20ClF6N5O. The van der Waals surface area contributed by atoms with E-state index in [-0.39, 0.29) is 43.2 Å². The Hall–Kier alpha value is -2.34. The van der Waals surface area contributed by atoms with Crippen molar-refractivity contribution in [3.05, 3.63) is 46.8 Å². The highest BCUT2D eigenvalue weighted by Crippen LogP contribution is 2.36. The minimum absolute atomic E-state index is 0. The average molecular weight is 472 g/mol. The molecule has 0 saturated carbocycles. The second-order valence-corrected chi connectivity index (χ2v) is 7.35. The van der Waals surface area contributed by atoms with Gasteiger partial charge in [0.25, 0.3) is 0 Å². The molecule has 3 rings (SSSR count). The van der Waals surface area contributed by atoms with Crippen molar-refractivity contribution in [2.24, 2.45) is 5.73 Å². The number of hydrogen-bond donors (Lipinski definition) is 1. The molecular weight excluding hydrogens is 452 g/mol. The van der Waals surface area contributed by atoms with Crippen molar-refractivity contribution >= 4 is 18.3 Å². The number of fused-ring (bicyclic) bond motifs is 1. The maximum absolute atomic E-state index is 13.8. The van der Waals surface area contributed by atoms with Gasteiger partial charge in [-0.05, 0) is 31.9 Å². The Bertz CT molecular complexity index is 966. The topological polar surface area (TPSA) is 77.0 Å². The summed E-state index contributed by atoms with van der Waals surface area (Å²) in [7, 11) is 0. The Morgan fingerprint density at radius 1 is 1.16 bits per heavy atom. The van der Waals surface area contributed by atoms with E-state index in [4.69, 9.17) is 5.73 Å². The summed E-state index contributed by atoms with van der Waals surface area (Å²) < 4.78 is 80.5. The van der Waals surface area contributed by atoms with Gasteiger partial charge in [0.15, 0.2) is 17.5 Å². The summed E-state index contributed by atoms with van der Waals surface area (Å²) >= 11 is 0. The highest BCUT2D eigenvalue weighted by Gasteiger charge is 2.43. The largest absolute Gasteiger partial charge is 0.451 e. The van der Waals surface area contributed by atoms with Crippen LogP contribution in [-0.4, -0.2) is 38.2 Å². The molecule has 0 aliphatic carbocycles. The summed E-state index contributed by atoms with van der Waals surface area (Å²) in [5.74, 6) is -5.16. The molecule has 13 heteroatoms. The molecule has 0 spiro atoms. The van der Waals surface area contributed by atoms with Crippen molar-refractivity contribution < 1.29 is 31.1 Å². The van der Waals surface area contributed by atoms with Gasteiger partial charge in [0.1, 0.15) is 5.82 Å². The normalized spacial score (nSPS) is 19.6. The van der Waals surface area contributed by atoms with E-state index in [1.54, 1.807) is 0 Å². The molecule has 1 aliphatic rings. The summed E-state index contributed by atoms with van der Waals surface area (Å²) in [6, 6.07) is -1.35. The number of alkyl halides is 3. The number of amides is 1. The minimum atomic E-state index is -4.68. The van der Waals surface area contributed by atoms with E-state index in [1.807, 2.05) is 0 Å². The van der Waals surface area contributed by atoms with E-state index in [1.165, 1.54) is 18.7 Å². The van der Waals surface area contributed by atoms with Crippen molar-refractivity contribution in [2.45, 2.75) is 51.0 Å². The van der Waals surface area contributed by atoms with E-state index in [2.05, 4.69) is 10.2 Å². The van der Waals surface area contributed by atoms with Crippen LogP contribution >= 0.6 is 12.4 Å². The number of hydrogen-bond acceptors (Lipinski definition) is 4. The molecule has 1 aromatic heterocycles. The molecule has 31 heavy (non-hydrogen) atoms. The summed E-state index contributed by atoms with van der Waals surface area (Å²) in [6.07, 6.45) is -5.17. The van der Waals surface area contributed by atoms with Gasteiger partial charge in [-0.2, -0.15) is 13.2 Å². The minimum Gasteiger partial charge on any atom is -0.331 e. The van der Waals surface area contributed by atoms with E-state index in [0.717, 1.165) is 4.57 Å². The number of carbonyl (C=O) groups is 1. The molecule has 0 saturated heterocycles. The number of benzene rings is 1. The zero-order valence-corrected chi connectivity index (χ0v) is 17.3. The predicted octanol–water partition coefficient (Wildman–Crippen LogP) is 3.56. The van der Waals surface area contributed by atoms with Crippen LogP contribution in [0.2, 0.25) is 0 Å². The van der Waals surface area contributed by atoms with Crippen LogP contribution in [0.3, 0.4) is 0 Å². The summed E-state index contributed by atoms with van der Waals surface area (Å²) in [5.41, 5.74) is 5.72. The first-order valence-electron chi connectivity index (χ1n) is 9.10. The monoisotopic (exact) mass is 471 g/mol. The summed E-state index contributed by atoms with van der Waals surface area (Å²) in [5, 5.41) is 6.83. The third-order valence-electron chi connectivity index (χ3n) is 5.05. The number of rotatable bonds is 4. The summed E-state index contributed by atoms with van der Waals surface area (Å²) in [4.78, 5) is 14.0. The number of nitrogens with two attached hydrogens (primary N) is 1. The molecule has 2 N–H and O–H groups in total. The number of nitrogens with zero attached hydrogens (tertiary/aromatic N) is 4. The molecule has 0 radical (unpaired) electrons. The maximum atomic E-state index is 13.8. The lowest BCUT2D eigenvalue weighted by atomic mass is 10.0. The second kappa shape index (κ2) is 9.03. The van der Waals surface area contributed by atoms with Crippen molar-refractivity contribution in [1.82, 2.24) is 19.7 Å². The first-order valence-corrected chi connectivity index (χ1v) is 9.10. The van der Waals surface area contributed by atoms with Gasteiger partial charge < -0.3 is 15.2 Å². The van der Waals surface area contributed by atoms with E-state index in [0.29, 0.717) is 12.1 Å². The van der Waals surface area contributed by atoms with Crippen LogP contribution < -0.4 is 5.73 Å². The third kappa shape index (κ3) is 4.95. The zero-order chi connectivity index (χ0) is 22.4. The van der Waals surface area contributed by atoms with E-state index >= 15 is 0 Å². The molecule has 1 aliphatic heterocycles. The van der Waals surface area contributed by atoms with Crippen molar-refractivity contribution in [3.63, 3.8) is 0 Å². The number of halogens is 7. The van der Waals surface area contributed by atoms with Crippen LogP contribution in [0, 0.1) is 17.5 Å². The first-order chi connectivity index (χ1) is 13.9. The summed E-state index contributed by atoms with van der Waals surface area (Å²) in [6.45, 7) is 3.00. The van der Waals surface area contributed by atoms with Crippen LogP contribution in [0.5, 0.6) is 0 Å². The fraction of sp³-hybridized carbons (Fsp3) is 0.500. The molecule has 2 aromatic rings. The van der Waals surface area contributed by atoms with Crippen LogP contribution in [0.25, 0.3) is 0 Å². The van der Waals surface area contributed by atoms with Crippen molar-refractivity contribution in [1.29, 1.82) is 0 Å². The SMILES string of the molecule is CC1c2nnc(C(F)(F)F)n2C(C)CN1C(=O)C[C@H](N)Cc1cc(F)c(F)cc1F.Cl. The Labute approximate surface area is 179 Å². The van der Waals surface area contributed by atoms with Gasteiger partial charge in [0, 0.05) is 25.1 Å². The van der Waals surface area contributed by atoms with Crippen LogP contribution in [0.15, 0.2) is 12.1 Å². The van der Waals surface area contributed by atoms with Crippen molar-refractivity contribution in [3.8, 4) is 0 Å². The molecule has 3 atom stereocenters. The zero-order valence-electron chi connectivity index (χ0n) is 16.5. The van der Waals surface area contributed by atoms with Gasteiger partial charge in [-0.3, -0.25) is 4.79 Å². The third-order valence-corrected chi connectivity index (χ3v) is 5.05. The average Bonchev–Trinajstić information content (AvgIpc) is 3.09. The van der Waals surface area contributed by atoms with E-state index in [9.17, 15) is 31.1 Å². The predicted molar refractivity (Wildman–Crippen MR) is 99.7 cm³/mol. The van der Waals surface area contributed by atoms with Gasteiger partial charge in [-0.1, -0.05) is 0 Å². The number of carbonyl (C=O) groups excluding carboxylic acids is 1. The Balaban J connectivity index is 0.00000341. The molecule has 1 aromatic carbocycles. The Morgan fingerprint density at radius 3 is 2.39 bits per heavy atom. The fourth-order valence-electron chi connectivity index (χ4n) is 3.61. The highest BCUT2D eigenvalue weighted by atomic mass is 35.5. The lowest BCUT2D eigenvalue weighted by Crippen LogP contribution is -2.45. The Kier molecular flexibility index (Phi) is 7.26. The molecule has 172 valence electrons. The lowest BCUT2D eigenvalue weighted by Gasteiger charge is -2.38. The molecule has 0 fully saturated rings. The lowest BCUT2D eigenvalue weighted by molar-refractivity contribution is -0.149. The Morgan fingerprint density at radius 2 is 1.77 bits per heavy atom. The quantitative estimate of drug-likeness (QED) is 0.546. The molecule has 2 heterocycles. The molecule has 0 bridgehead atoms. The van der Waals surface area contributed by atoms with Gasteiger partial charge in [0.05, 0.1) is 12.1 Å². The van der Waals surface area contributed by atoms with Gasteiger partial charge in [-0.25, -0.2) is 13.2 Å². The standard InChI is InChI=1S/C18H19F6N5O.ClH/c1-8-7-28(9(2)16-26-27-17(29(8)16)18(22,23)24)15(30)5-11(25)3-10-4-13(20)14(21)6-12(10)19;/h4,6,8-9,11H,3,5,7,25H2,1-2H3;1H/t8?,9?,11-;/m1./s1. The van der Waals surface area contributed by atoms with Gasteiger partial charge in [-0.15, -0.1) is 22.6 Å².